The number of nitrogens with zero attached hydrogens (tertiary/aromatic N) is 2. The van der Waals surface area contributed by atoms with Crippen LogP contribution in [-0.2, 0) is 11.6 Å². The number of benzene rings is 1. The zero-order valence-electron chi connectivity index (χ0n) is 16.8. The van der Waals surface area contributed by atoms with E-state index in [1.54, 1.807) is 7.05 Å². The molecule has 1 aromatic carbocycles. The molecular formula is C21H31F3N4. The fourth-order valence-corrected chi connectivity index (χ4v) is 4.28. The SMILES string of the molecule is CCN1CCC(CNC(=NC)NCC2(c3cccc(C(F)(F)F)c3)CCC2)C1. The van der Waals surface area contributed by atoms with Gasteiger partial charge in [-0.3, -0.25) is 4.99 Å². The zero-order valence-corrected chi connectivity index (χ0v) is 16.8. The summed E-state index contributed by atoms with van der Waals surface area (Å²) >= 11 is 0. The van der Waals surface area contributed by atoms with Crippen molar-refractivity contribution < 1.29 is 13.2 Å². The fraction of sp³-hybridized carbons (Fsp3) is 0.667. The molecule has 0 bridgehead atoms. The highest BCUT2D eigenvalue weighted by atomic mass is 19.4. The van der Waals surface area contributed by atoms with Gasteiger partial charge in [0.1, 0.15) is 0 Å². The van der Waals surface area contributed by atoms with Crippen molar-refractivity contribution in [1.29, 1.82) is 0 Å². The number of nitrogens with one attached hydrogen (secondary N) is 2. The summed E-state index contributed by atoms with van der Waals surface area (Å²) < 4.78 is 39.3. The van der Waals surface area contributed by atoms with Gasteiger partial charge in [-0.05, 0) is 49.9 Å². The maximum absolute atomic E-state index is 13.1. The summed E-state index contributed by atoms with van der Waals surface area (Å²) in [5.41, 5.74) is -0.0444. The van der Waals surface area contributed by atoms with Gasteiger partial charge in [0.25, 0.3) is 0 Å². The lowest BCUT2D eigenvalue weighted by Crippen LogP contribution is -2.49. The van der Waals surface area contributed by atoms with Gasteiger partial charge >= 0.3 is 6.18 Å². The Morgan fingerprint density at radius 1 is 1.29 bits per heavy atom. The molecule has 1 saturated carbocycles. The topological polar surface area (TPSA) is 39.7 Å². The molecule has 2 N–H and O–H groups in total. The highest BCUT2D eigenvalue weighted by Gasteiger charge is 2.40. The molecule has 0 amide bonds. The van der Waals surface area contributed by atoms with Crippen LogP contribution in [0.15, 0.2) is 29.3 Å². The van der Waals surface area contributed by atoms with Crippen LogP contribution in [0.1, 0.15) is 43.7 Å². The smallest absolute Gasteiger partial charge is 0.356 e. The van der Waals surface area contributed by atoms with Crippen LogP contribution in [-0.4, -0.2) is 50.6 Å². The van der Waals surface area contributed by atoms with Crippen LogP contribution in [0.25, 0.3) is 0 Å². The molecule has 0 radical (unpaired) electrons. The first-order chi connectivity index (χ1) is 13.4. The van der Waals surface area contributed by atoms with Crippen molar-refractivity contribution >= 4 is 5.96 Å². The Balaban J connectivity index is 1.58. The van der Waals surface area contributed by atoms with Gasteiger partial charge in [0.2, 0.25) is 0 Å². The number of hydrogen-bond acceptors (Lipinski definition) is 2. The van der Waals surface area contributed by atoms with Crippen molar-refractivity contribution in [1.82, 2.24) is 15.5 Å². The molecule has 0 spiro atoms. The third kappa shape index (κ3) is 4.80. The zero-order chi connectivity index (χ0) is 20.2. The van der Waals surface area contributed by atoms with E-state index in [0.717, 1.165) is 63.0 Å². The predicted molar refractivity (Wildman–Crippen MR) is 107 cm³/mol. The van der Waals surface area contributed by atoms with Gasteiger partial charge in [-0.1, -0.05) is 31.5 Å². The summed E-state index contributed by atoms with van der Waals surface area (Å²) in [6.45, 7) is 6.99. The number of hydrogen-bond donors (Lipinski definition) is 2. The third-order valence-corrected chi connectivity index (χ3v) is 6.31. The first kappa shape index (κ1) is 21.0. The molecule has 2 fully saturated rings. The molecule has 1 aliphatic carbocycles. The van der Waals surface area contributed by atoms with E-state index in [1.165, 1.54) is 18.6 Å². The van der Waals surface area contributed by atoms with Gasteiger partial charge in [-0.25, -0.2) is 0 Å². The number of aliphatic imine (C=N–C) groups is 1. The Bertz CT molecular complexity index is 682. The molecule has 28 heavy (non-hydrogen) atoms. The Kier molecular flexibility index (Phi) is 6.53. The van der Waals surface area contributed by atoms with Crippen LogP contribution in [0.3, 0.4) is 0 Å². The van der Waals surface area contributed by atoms with Crippen molar-refractivity contribution in [3.63, 3.8) is 0 Å². The molecule has 4 nitrogen and oxygen atoms in total. The third-order valence-electron chi connectivity index (χ3n) is 6.31. The second kappa shape index (κ2) is 8.72. The highest BCUT2D eigenvalue weighted by molar-refractivity contribution is 5.79. The average Bonchev–Trinajstić information content (AvgIpc) is 3.11. The van der Waals surface area contributed by atoms with E-state index in [-0.39, 0.29) is 5.41 Å². The Labute approximate surface area is 165 Å². The monoisotopic (exact) mass is 396 g/mol. The lowest BCUT2D eigenvalue weighted by atomic mass is 9.64. The molecule has 1 unspecified atom stereocenters. The molecular weight excluding hydrogens is 365 g/mol. The van der Waals surface area contributed by atoms with Gasteiger partial charge in [0, 0.05) is 32.1 Å². The summed E-state index contributed by atoms with van der Waals surface area (Å²) in [5.74, 6) is 1.34. The molecule has 2 aliphatic rings. The number of alkyl halides is 3. The minimum atomic E-state index is -4.31. The molecule has 1 saturated heterocycles. The summed E-state index contributed by atoms with van der Waals surface area (Å²) in [5, 5.41) is 6.76. The van der Waals surface area contributed by atoms with Crippen molar-refractivity contribution in [2.24, 2.45) is 10.9 Å². The molecule has 0 aromatic heterocycles. The quantitative estimate of drug-likeness (QED) is 0.570. The minimum Gasteiger partial charge on any atom is -0.356 e. The Morgan fingerprint density at radius 3 is 2.64 bits per heavy atom. The lowest BCUT2D eigenvalue weighted by molar-refractivity contribution is -0.137. The number of halogens is 3. The van der Waals surface area contributed by atoms with E-state index in [1.807, 2.05) is 6.07 Å². The van der Waals surface area contributed by atoms with Crippen LogP contribution in [0, 0.1) is 5.92 Å². The predicted octanol–water partition coefficient (Wildman–Crippen LogP) is 3.63. The second-order valence-electron chi connectivity index (χ2n) is 8.07. The van der Waals surface area contributed by atoms with Crippen molar-refractivity contribution in [2.45, 2.75) is 44.2 Å². The van der Waals surface area contributed by atoms with E-state index in [4.69, 9.17) is 0 Å². The van der Waals surface area contributed by atoms with E-state index < -0.39 is 11.7 Å². The van der Waals surface area contributed by atoms with Gasteiger partial charge in [-0.15, -0.1) is 0 Å². The van der Waals surface area contributed by atoms with Crippen molar-refractivity contribution in [2.75, 3.05) is 39.8 Å². The van der Waals surface area contributed by atoms with E-state index in [2.05, 4.69) is 27.4 Å². The first-order valence-corrected chi connectivity index (χ1v) is 10.2. The van der Waals surface area contributed by atoms with Crippen LogP contribution in [0.4, 0.5) is 13.2 Å². The van der Waals surface area contributed by atoms with Gasteiger partial charge in [0.15, 0.2) is 5.96 Å². The van der Waals surface area contributed by atoms with Gasteiger partial charge in [0.05, 0.1) is 5.56 Å². The van der Waals surface area contributed by atoms with Gasteiger partial charge in [-0.2, -0.15) is 13.2 Å². The number of likely N-dealkylation sites (tertiary alicyclic amines) is 1. The Morgan fingerprint density at radius 2 is 2.07 bits per heavy atom. The molecule has 3 rings (SSSR count). The van der Waals surface area contributed by atoms with E-state index in [0.29, 0.717) is 12.5 Å². The average molecular weight is 397 g/mol. The number of rotatable bonds is 6. The normalized spacial score (nSPS) is 22.8. The first-order valence-electron chi connectivity index (χ1n) is 10.2. The van der Waals surface area contributed by atoms with Crippen molar-refractivity contribution in [3.05, 3.63) is 35.4 Å². The lowest BCUT2D eigenvalue weighted by Gasteiger charge is -2.43. The largest absolute Gasteiger partial charge is 0.416 e. The molecule has 1 aliphatic heterocycles. The molecule has 1 atom stereocenters. The van der Waals surface area contributed by atoms with Crippen LogP contribution in [0.2, 0.25) is 0 Å². The van der Waals surface area contributed by atoms with E-state index in [9.17, 15) is 13.2 Å². The molecule has 1 aromatic rings. The van der Waals surface area contributed by atoms with Crippen molar-refractivity contribution in [3.8, 4) is 0 Å². The van der Waals surface area contributed by atoms with Crippen LogP contribution in [0.5, 0.6) is 0 Å². The molecule has 7 heteroatoms. The second-order valence-corrected chi connectivity index (χ2v) is 8.07. The summed E-state index contributed by atoms with van der Waals surface area (Å²) in [6.07, 6.45) is -0.288. The molecule has 1 heterocycles. The molecule has 156 valence electrons. The summed E-state index contributed by atoms with van der Waals surface area (Å²) in [4.78, 5) is 6.74. The van der Waals surface area contributed by atoms with Crippen LogP contribution >= 0.6 is 0 Å². The fourth-order valence-electron chi connectivity index (χ4n) is 4.28. The summed E-state index contributed by atoms with van der Waals surface area (Å²) in [6, 6.07) is 5.80. The van der Waals surface area contributed by atoms with E-state index >= 15 is 0 Å². The van der Waals surface area contributed by atoms with Gasteiger partial charge < -0.3 is 15.5 Å². The number of guanidine groups is 1. The minimum absolute atomic E-state index is 0.245. The maximum atomic E-state index is 13.1. The maximum Gasteiger partial charge on any atom is 0.416 e. The van der Waals surface area contributed by atoms with Crippen LogP contribution < -0.4 is 10.6 Å². The Hall–Kier alpha value is -1.76. The summed E-state index contributed by atoms with van der Waals surface area (Å²) in [7, 11) is 1.74. The standard InChI is InChI=1S/C21H31F3N4/c1-3-28-11-8-16(14-28)13-26-19(25-2)27-15-20(9-5-10-20)17-6-4-7-18(12-17)21(22,23)24/h4,6-7,12,16H,3,5,8-11,13-15H2,1-2H3,(H2,25,26,27). The highest BCUT2D eigenvalue weighted by Crippen LogP contribution is 2.44.